The second-order valence-electron chi connectivity index (χ2n) is 18.3. The lowest BCUT2D eigenvalue weighted by Crippen LogP contribution is -2.53. The van der Waals surface area contributed by atoms with Crippen LogP contribution in [0.4, 0.5) is 17.6 Å². The van der Waals surface area contributed by atoms with Crippen LogP contribution in [0.15, 0.2) is 0 Å². The number of hydrogen-bond acceptors (Lipinski definition) is 11. The van der Waals surface area contributed by atoms with Crippen LogP contribution in [0.25, 0.3) is 0 Å². The average molecular weight is 789 g/mol. The van der Waals surface area contributed by atoms with E-state index in [1.165, 1.54) is 6.42 Å². The number of aliphatic hydroxyl groups excluding tert-OH is 1. The van der Waals surface area contributed by atoms with Gasteiger partial charge in [0.1, 0.15) is 13.2 Å². The van der Waals surface area contributed by atoms with E-state index in [0.717, 1.165) is 99.5 Å². The highest BCUT2D eigenvalue weighted by atomic mass is 19.3. The van der Waals surface area contributed by atoms with Crippen LogP contribution in [-0.4, -0.2) is 199 Å². The van der Waals surface area contributed by atoms with Gasteiger partial charge in [-0.1, -0.05) is 0 Å². The molecule has 8 aliphatic heterocycles. The minimum atomic E-state index is -4.54. The molecule has 314 valence electrons. The molecule has 0 aromatic heterocycles. The Morgan fingerprint density at radius 2 is 0.982 bits per heavy atom. The predicted octanol–water partition coefficient (Wildman–Crippen LogP) is 2.26. The molecule has 13 aliphatic rings. The molecule has 10 atom stereocenters. The van der Waals surface area contributed by atoms with Gasteiger partial charge in [0.25, 0.3) is 0 Å². The highest BCUT2D eigenvalue weighted by molar-refractivity contribution is 5.43. The van der Waals surface area contributed by atoms with Gasteiger partial charge < -0.3 is 33.5 Å². The SMILES string of the molecule is OCC(F)(F)C(F)(F)COCCC1CN2CCOCCN(CCOCC2)CCC23OC4(CCN5CCOCCN(CCOCC5)C1)C1C5CC(C6C5C4C62)C13. The third-order valence-corrected chi connectivity index (χ3v) is 15.9. The summed E-state index contributed by atoms with van der Waals surface area (Å²) >= 11 is 0. The number of hydrogen-bond donors (Lipinski definition) is 1. The van der Waals surface area contributed by atoms with Crippen molar-refractivity contribution >= 4 is 0 Å². The Bertz CT molecular complexity index is 1220. The van der Waals surface area contributed by atoms with E-state index in [9.17, 15) is 17.6 Å². The van der Waals surface area contributed by atoms with Crippen LogP contribution in [0.3, 0.4) is 0 Å². The maximum atomic E-state index is 14.1. The molecule has 0 radical (unpaired) electrons. The van der Waals surface area contributed by atoms with Crippen molar-refractivity contribution in [3.8, 4) is 0 Å². The first-order valence-electron chi connectivity index (χ1n) is 21.5. The van der Waals surface area contributed by atoms with E-state index >= 15 is 0 Å². The monoisotopic (exact) mass is 788 g/mol. The Hall–Kier alpha value is -0.720. The van der Waals surface area contributed by atoms with Crippen molar-refractivity contribution in [3.05, 3.63) is 0 Å². The topological polar surface area (TPSA) is 88.6 Å². The van der Waals surface area contributed by atoms with E-state index in [-0.39, 0.29) is 23.7 Å². The first kappa shape index (κ1) is 39.7. The van der Waals surface area contributed by atoms with Gasteiger partial charge in [0.05, 0.1) is 64.1 Å². The van der Waals surface area contributed by atoms with Crippen molar-refractivity contribution in [1.82, 2.24) is 19.6 Å². The summed E-state index contributed by atoms with van der Waals surface area (Å²) < 4.78 is 93.3. The Morgan fingerprint density at radius 3 is 1.40 bits per heavy atom. The molecule has 5 saturated carbocycles. The molecule has 55 heavy (non-hydrogen) atoms. The first-order valence-corrected chi connectivity index (χ1v) is 21.5. The molecule has 0 aromatic rings. The highest BCUT2D eigenvalue weighted by Crippen LogP contribution is 2.94. The van der Waals surface area contributed by atoms with Crippen LogP contribution in [0.5, 0.6) is 0 Å². The molecule has 8 bridgehead atoms. The molecule has 5 aliphatic carbocycles. The van der Waals surface area contributed by atoms with Crippen molar-refractivity contribution < 1.29 is 51.1 Å². The third-order valence-electron chi connectivity index (χ3n) is 15.9. The zero-order valence-electron chi connectivity index (χ0n) is 32.5. The van der Waals surface area contributed by atoms with Crippen molar-refractivity contribution in [1.29, 1.82) is 0 Å². The Balaban J connectivity index is 0.901. The minimum absolute atomic E-state index is 0.00511. The lowest BCUT2D eigenvalue weighted by Gasteiger charge is -2.48. The van der Waals surface area contributed by atoms with E-state index in [2.05, 4.69) is 19.6 Å². The fourth-order valence-electron chi connectivity index (χ4n) is 13.8. The van der Waals surface area contributed by atoms with Crippen LogP contribution in [0.1, 0.15) is 25.7 Å². The van der Waals surface area contributed by atoms with Gasteiger partial charge in [0, 0.05) is 85.1 Å². The number of halogens is 4. The summed E-state index contributed by atoms with van der Waals surface area (Å²) in [6.45, 7) is 10.9. The fourth-order valence-corrected chi connectivity index (χ4v) is 13.8. The van der Waals surface area contributed by atoms with Gasteiger partial charge in [-0.3, -0.25) is 19.6 Å². The van der Waals surface area contributed by atoms with Crippen molar-refractivity contribution in [2.75, 3.05) is 151 Å². The van der Waals surface area contributed by atoms with Crippen LogP contribution in [-0.2, 0) is 28.4 Å². The van der Waals surface area contributed by atoms with Gasteiger partial charge in [-0.15, -0.1) is 0 Å². The summed E-state index contributed by atoms with van der Waals surface area (Å²) in [5.41, 5.74) is 0.109. The lowest BCUT2D eigenvalue weighted by molar-refractivity contribution is -0.245. The van der Waals surface area contributed by atoms with Gasteiger partial charge in [-0.05, 0) is 78.9 Å². The Labute approximate surface area is 323 Å². The standard InChI is InChI=1S/C40H64F4N4O7/c41-39(42,26-49)40(43,44)27-54-14-1-28-24-47-10-19-50-15-6-45(7-16-51-20-11-47)4-2-37-33-29-23-30-32-31(29)35(37)36(32)38(55-37,34(30)33)3-5-46-8-17-52-21-12-48(25-28)13-22-53-18-9-46/h28-36,49H,1-27H2. The predicted molar refractivity (Wildman–Crippen MR) is 193 cm³/mol. The molecule has 15 heteroatoms. The smallest absolute Gasteiger partial charge is 0.335 e. The average Bonchev–Trinajstić information content (AvgIpc) is 3.84. The molecular formula is C40H64F4N4O7. The zero-order chi connectivity index (χ0) is 37.8. The fraction of sp³-hybridized carbons (Fsp3) is 1.00. The molecule has 1 N–H and O–H groups in total. The number of rotatable bonds is 7. The number of ether oxygens (including phenoxy) is 6. The molecule has 11 nitrogen and oxygen atoms in total. The van der Waals surface area contributed by atoms with E-state index < -0.39 is 25.1 Å². The zero-order valence-corrected chi connectivity index (χ0v) is 32.5. The molecule has 0 aromatic carbocycles. The number of alkyl halides is 4. The Kier molecular flexibility index (Phi) is 11.6. The summed E-state index contributed by atoms with van der Waals surface area (Å²) in [5.74, 6) is -2.40. The maximum Gasteiger partial charge on any atom is 0.335 e. The van der Waals surface area contributed by atoms with Crippen molar-refractivity contribution in [3.63, 3.8) is 0 Å². The molecule has 8 heterocycles. The first-order chi connectivity index (χ1) is 26.7. The van der Waals surface area contributed by atoms with Crippen molar-refractivity contribution in [2.24, 2.45) is 53.3 Å². The second kappa shape index (κ2) is 16.0. The summed E-state index contributed by atoms with van der Waals surface area (Å²) in [6, 6.07) is 0. The molecule has 2 spiro atoms. The van der Waals surface area contributed by atoms with Crippen LogP contribution in [0, 0.1) is 53.3 Å². The van der Waals surface area contributed by atoms with Crippen LogP contribution in [0.2, 0.25) is 0 Å². The van der Waals surface area contributed by atoms with Gasteiger partial charge >= 0.3 is 11.8 Å². The van der Waals surface area contributed by atoms with E-state index in [0.29, 0.717) is 98.5 Å². The summed E-state index contributed by atoms with van der Waals surface area (Å²) in [7, 11) is 0. The van der Waals surface area contributed by atoms with Crippen LogP contribution >= 0.6 is 0 Å². The second-order valence-corrected chi connectivity index (χ2v) is 18.3. The van der Waals surface area contributed by atoms with Crippen LogP contribution < -0.4 is 0 Å². The summed E-state index contributed by atoms with van der Waals surface area (Å²) in [4.78, 5) is 9.68. The third kappa shape index (κ3) is 7.02. The van der Waals surface area contributed by atoms with Gasteiger partial charge in [0.15, 0.2) is 0 Å². The quantitative estimate of drug-likeness (QED) is 0.305. The molecule has 0 amide bonds. The largest absolute Gasteiger partial charge is 0.390 e. The lowest BCUT2D eigenvalue weighted by atomic mass is 9.54. The number of aliphatic hydroxyl groups is 1. The summed E-state index contributed by atoms with van der Waals surface area (Å²) in [5, 5.41) is 8.80. The maximum absolute atomic E-state index is 14.1. The number of nitrogens with zero attached hydrogens (tertiary/aromatic N) is 4. The molecule has 10 unspecified atom stereocenters. The van der Waals surface area contributed by atoms with Crippen molar-refractivity contribution in [2.45, 2.75) is 48.7 Å². The summed E-state index contributed by atoms with van der Waals surface area (Å²) in [6.07, 6.45) is 4.09. The van der Waals surface area contributed by atoms with Gasteiger partial charge in [-0.2, -0.15) is 17.6 Å². The molecule has 13 fully saturated rings. The van der Waals surface area contributed by atoms with Gasteiger partial charge in [-0.25, -0.2) is 0 Å². The molecular weight excluding hydrogens is 724 g/mol. The van der Waals surface area contributed by atoms with E-state index in [4.69, 9.17) is 33.5 Å². The minimum Gasteiger partial charge on any atom is -0.390 e. The van der Waals surface area contributed by atoms with Gasteiger partial charge in [0.2, 0.25) is 0 Å². The Morgan fingerprint density at radius 1 is 0.564 bits per heavy atom. The molecule has 13 rings (SSSR count). The normalized spacial score (nSPS) is 47.8. The van der Waals surface area contributed by atoms with E-state index in [1.54, 1.807) is 0 Å². The molecule has 8 saturated heterocycles. The van der Waals surface area contributed by atoms with E-state index in [1.807, 2.05) is 0 Å². The highest BCUT2D eigenvalue weighted by Gasteiger charge is 2.96.